The standard InChI is InChI=1S/C19H18N2/c1-21(2)12-13-11-20-19-17-10-6-4-8-15(17)14-7-3-5-9-16(14)18(13)19/h3-11,20H,12H2,1-2H3. The molecule has 4 rings (SSSR count). The number of aromatic amines is 1. The van der Waals surface area contributed by atoms with Gasteiger partial charge in [0.05, 0.1) is 5.52 Å². The highest BCUT2D eigenvalue weighted by Gasteiger charge is 2.13. The van der Waals surface area contributed by atoms with Gasteiger partial charge in [0, 0.05) is 23.5 Å². The third kappa shape index (κ3) is 1.83. The lowest BCUT2D eigenvalue weighted by Crippen LogP contribution is -2.10. The number of benzene rings is 3. The van der Waals surface area contributed by atoms with Gasteiger partial charge < -0.3 is 9.88 Å². The van der Waals surface area contributed by atoms with Crippen LogP contribution >= 0.6 is 0 Å². The molecular weight excluding hydrogens is 256 g/mol. The number of nitrogens with one attached hydrogen (secondary N) is 1. The van der Waals surface area contributed by atoms with Gasteiger partial charge in [-0.25, -0.2) is 0 Å². The van der Waals surface area contributed by atoms with Gasteiger partial charge in [-0.3, -0.25) is 0 Å². The largest absolute Gasteiger partial charge is 0.360 e. The van der Waals surface area contributed by atoms with Crippen LogP contribution in [0.1, 0.15) is 5.56 Å². The summed E-state index contributed by atoms with van der Waals surface area (Å²) in [5.74, 6) is 0. The molecule has 4 aromatic rings. The van der Waals surface area contributed by atoms with Crippen molar-refractivity contribution in [2.75, 3.05) is 14.1 Å². The summed E-state index contributed by atoms with van der Waals surface area (Å²) in [4.78, 5) is 5.72. The first-order valence-corrected chi connectivity index (χ1v) is 7.30. The number of rotatable bonds is 2. The molecule has 0 unspecified atom stereocenters. The van der Waals surface area contributed by atoms with E-state index < -0.39 is 0 Å². The average molecular weight is 274 g/mol. The second-order valence-electron chi connectivity index (χ2n) is 5.89. The molecule has 0 amide bonds. The Morgan fingerprint density at radius 1 is 0.810 bits per heavy atom. The van der Waals surface area contributed by atoms with Crippen molar-refractivity contribution in [3.05, 3.63) is 60.3 Å². The Bertz CT molecular complexity index is 948. The first-order chi connectivity index (χ1) is 10.3. The molecule has 1 N–H and O–H groups in total. The first-order valence-electron chi connectivity index (χ1n) is 7.30. The van der Waals surface area contributed by atoms with Crippen LogP contribution in [-0.2, 0) is 6.54 Å². The molecule has 1 heterocycles. The molecule has 0 fully saturated rings. The van der Waals surface area contributed by atoms with E-state index in [4.69, 9.17) is 0 Å². The molecule has 0 saturated heterocycles. The fraction of sp³-hybridized carbons (Fsp3) is 0.158. The van der Waals surface area contributed by atoms with E-state index in [9.17, 15) is 0 Å². The Labute approximate surface area is 124 Å². The smallest absolute Gasteiger partial charge is 0.0543 e. The van der Waals surface area contributed by atoms with Crippen molar-refractivity contribution >= 4 is 32.4 Å². The highest BCUT2D eigenvalue weighted by atomic mass is 15.0. The van der Waals surface area contributed by atoms with Gasteiger partial charge in [0.1, 0.15) is 0 Å². The van der Waals surface area contributed by atoms with Crippen molar-refractivity contribution in [3.63, 3.8) is 0 Å². The predicted molar refractivity (Wildman–Crippen MR) is 90.7 cm³/mol. The molecule has 0 bridgehead atoms. The average Bonchev–Trinajstić information content (AvgIpc) is 2.91. The Morgan fingerprint density at radius 2 is 1.38 bits per heavy atom. The van der Waals surface area contributed by atoms with Crippen LogP contribution in [-0.4, -0.2) is 24.0 Å². The van der Waals surface area contributed by atoms with Gasteiger partial charge >= 0.3 is 0 Å². The molecule has 0 atom stereocenters. The van der Waals surface area contributed by atoms with Crippen LogP contribution in [0.3, 0.4) is 0 Å². The fourth-order valence-electron chi connectivity index (χ4n) is 3.32. The summed E-state index contributed by atoms with van der Waals surface area (Å²) < 4.78 is 0. The Morgan fingerprint density at radius 3 is 2.05 bits per heavy atom. The fourth-order valence-corrected chi connectivity index (χ4v) is 3.32. The molecule has 0 spiro atoms. The van der Waals surface area contributed by atoms with E-state index in [-0.39, 0.29) is 0 Å². The van der Waals surface area contributed by atoms with Crippen molar-refractivity contribution in [2.45, 2.75) is 6.54 Å². The zero-order chi connectivity index (χ0) is 14.4. The summed E-state index contributed by atoms with van der Waals surface area (Å²) in [5.41, 5.74) is 2.61. The van der Waals surface area contributed by atoms with Gasteiger partial charge in [-0.15, -0.1) is 0 Å². The van der Waals surface area contributed by atoms with E-state index in [1.54, 1.807) is 0 Å². The zero-order valence-corrected chi connectivity index (χ0v) is 12.4. The molecule has 1 aromatic heterocycles. The van der Waals surface area contributed by atoms with Gasteiger partial charge in [-0.1, -0.05) is 48.5 Å². The van der Waals surface area contributed by atoms with E-state index in [2.05, 4.69) is 78.7 Å². The zero-order valence-electron chi connectivity index (χ0n) is 12.4. The minimum absolute atomic E-state index is 0.947. The summed E-state index contributed by atoms with van der Waals surface area (Å²) in [7, 11) is 4.23. The summed E-state index contributed by atoms with van der Waals surface area (Å²) >= 11 is 0. The molecule has 2 heteroatoms. The summed E-state index contributed by atoms with van der Waals surface area (Å²) in [6.45, 7) is 0.947. The number of H-pyrrole nitrogens is 1. The van der Waals surface area contributed by atoms with Crippen molar-refractivity contribution in [1.82, 2.24) is 9.88 Å². The maximum Gasteiger partial charge on any atom is 0.0543 e. The summed E-state index contributed by atoms with van der Waals surface area (Å²) in [5, 5.41) is 6.65. The van der Waals surface area contributed by atoms with Crippen LogP contribution in [0.15, 0.2) is 54.7 Å². The number of nitrogens with zero attached hydrogens (tertiary/aromatic N) is 1. The Kier molecular flexibility index (Phi) is 2.72. The second-order valence-corrected chi connectivity index (χ2v) is 5.89. The summed E-state index contributed by atoms with van der Waals surface area (Å²) in [6.07, 6.45) is 2.16. The van der Waals surface area contributed by atoms with Gasteiger partial charge in [0.2, 0.25) is 0 Å². The Hall–Kier alpha value is -2.32. The third-order valence-corrected chi connectivity index (χ3v) is 4.13. The van der Waals surface area contributed by atoms with Crippen LogP contribution in [0.4, 0.5) is 0 Å². The highest BCUT2D eigenvalue weighted by molar-refractivity contribution is 6.25. The SMILES string of the molecule is CN(C)Cc1c[nH]c2c3ccccc3c3ccccc3c12. The first kappa shape index (κ1) is 12.4. The molecule has 0 radical (unpaired) electrons. The van der Waals surface area contributed by atoms with E-state index in [1.807, 2.05) is 0 Å². The van der Waals surface area contributed by atoms with Crippen molar-refractivity contribution < 1.29 is 0 Å². The van der Waals surface area contributed by atoms with Crippen LogP contribution in [0.25, 0.3) is 32.4 Å². The minimum Gasteiger partial charge on any atom is -0.360 e. The molecule has 2 nitrogen and oxygen atoms in total. The molecule has 21 heavy (non-hydrogen) atoms. The number of hydrogen-bond donors (Lipinski definition) is 1. The van der Waals surface area contributed by atoms with Crippen molar-refractivity contribution in [3.8, 4) is 0 Å². The van der Waals surface area contributed by atoms with E-state index in [1.165, 1.54) is 38.0 Å². The second kappa shape index (κ2) is 4.61. The topological polar surface area (TPSA) is 19.0 Å². The quantitative estimate of drug-likeness (QED) is 0.532. The molecule has 0 aliphatic carbocycles. The lowest BCUT2D eigenvalue weighted by atomic mass is 9.96. The molecular formula is C19H18N2. The maximum atomic E-state index is 3.50. The molecule has 104 valence electrons. The number of fused-ring (bicyclic) bond motifs is 6. The number of aromatic nitrogens is 1. The van der Waals surface area contributed by atoms with Crippen molar-refractivity contribution in [2.24, 2.45) is 0 Å². The molecule has 3 aromatic carbocycles. The van der Waals surface area contributed by atoms with Crippen LogP contribution < -0.4 is 0 Å². The van der Waals surface area contributed by atoms with E-state index in [0.717, 1.165) is 6.54 Å². The maximum absolute atomic E-state index is 3.50. The molecule has 0 saturated carbocycles. The van der Waals surface area contributed by atoms with Gasteiger partial charge in [-0.2, -0.15) is 0 Å². The Balaban J connectivity index is 2.24. The monoisotopic (exact) mass is 274 g/mol. The van der Waals surface area contributed by atoms with E-state index >= 15 is 0 Å². The molecule has 0 aliphatic heterocycles. The highest BCUT2D eigenvalue weighted by Crippen LogP contribution is 2.36. The van der Waals surface area contributed by atoms with Gasteiger partial charge in [-0.05, 0) is 35.8 Å². The lowest BCUT2D eigenvalue weighted by Gasteiger charge is -2.11. The molecule has 0 aliphatic rings. The van der Waals surface area contributed by atoms with Crippen LogP contribution in [0.2, 0.25) is 0 Å². The van der Waals surface area contributed by atoms with Gasteiger partial charge in [0.25, 0.3) is 0 Å². The van der Waals surface area contributed by atoms with Gasteiger partial charge in [0.15, 0.2) is 0 Å². The number of hydrogen-bond acceptors (Lipinski definition) is 1. The van der Waals surface area contributed by atoms with E-state index in [0.29, 0.717) is 0 Å². The van der Waals surface area contributed by atoms with Crippen molar-refractivity contribution in [1.29, 1.82) is 0 Å². The summed E-state index contributed by atoms with van der Waals surface area (Å²) in [6, 6.07) is 17.4. The normalized spacial score (nSPS) is 12.0. The van der Waals surface area contributed by atoms with Crippen LogP contribution in [0.5, 0.6) is 0 Å². The minimum atomic E-state index is 0.947. The van der Waals surface area contributed by atoms with Crippen LogP contribution in [0, 0.1) is 0 Å². The predicted octanol–water partition coefficient (Wildman–Crippen LogP) is 4.54. The lowest BCUT2D eigenvalue weighted by molar-refractivity contribution is 0.404. The third-order valence-electron chi connectivity index (χ3n) is 4.13.